The van der Waals surface area contributed by atoms with Gasteiger partial charge in [-0.1, -0.05) is 0 Å². The number of nitrogens with zero attached hydrogens (tertiary/aromatic N) is 1. The predicted octanol–water partition coefficient (Wildman–Crippen LogP) is 2.19. The molecule has 0 aromatic carbocycles. The van der Waals surface area contributed by atoms with E-state index < -0.39 is 18.9 Å². The molecule has 2 fully saturated rings. The first-order chi connectivity index (χ1) is 8.44. The van der Waals surface area contributed by atoms with Crippen LogP contribution in [0.15, 0.2) is 0 Å². The Hall–Kier alpha value is -0.980. The van der Waals surface area contributed by atoms with E-state index in [-0.39, 0.29) is 6.10 Å². The third kappa shape index (κ3) is 4.36. The normalized spacial score (nSPS) is 24.4. The molecular formula is C11H16F3NO3. The van der Waals surface area contributed by atoms with E-state index in [2.05, 4.69) is 4.74 Å². The molecule has 0 unspecified atom stereocenters. The Kier molecular flexibility index (Phi) is 3.99. The van der Waals surface area contributed by atoms with E-state index in [0.29, 0.717) is 32.0 Å². The zero-order valence-corrected chi connectivity index (χ0v) is 9.91. The number of hydrogen-bond acceptors (Lipinski definition) is 3. The highest BCUT2D eigenvalue weighted by atomic mass is 19.4. The van der Waals surface area contributed by atoms with Crippen LogP contribution in [0.3, 0.4) is 0 Å². The van der Waals surface area contributed by atoms with Crippen molar-refractivity contribution in [1.29, 1.82) is 0 Å². The highest BCUT2D eigenvalue weighted by Crippen LogP contribution is 2.30. The van der Waals surface area contributed by atoms with Gasteiger partial charge in [0.25, 0.3) is 0 Å². The number of likely N-dealkylation sites (tertiary alicyclic amines) is 1. The molecule has 1 saturated carbocycles. The van der Waals surface area contributed by atoms with Crippen molar-refractivity contribution in [3.8, 4) is 0 Å². The van der Waals surface area contributed by atoms with Gasteiger partial charge in [0.15, 0.2) is 6.61 Å². The quantitative estimate of drug-likeness (QED) is 0.783. The molecule has 2 rings (SSSR count). The van der Waals surface area contributed by atoms with Gasteiger partial charge in [0.2, 0.25) is 0 Å². The number of amides is 1. The van der Waals surface area contributed by atoms with Crippen molar-refractivity contribution >= 4 is 6.09 Å². The van der Waals surface area contributed by atoms with Gasteiger partial charge < -0.3 is 14.4 Å². The van der Waals surface area contributed by atoms with Crippen molar-refractivity contribution in [2.75, 3.05) is 26.3 Å². The third-order valence-electron chi connectivity index (χ3n) is 3.03. The van der Waals surface area contributed by atoms with Gasteiger partial charge in [-0.25, -0.2) is 4.79 Å². The fourth-order valence-corrected chi connectivity index (χ4v) is 1.82. The number of ether oxygens (including phenoxy) is 2. The minimum atomic E-state index is -4.47. The number of halogens is 3. The van der Waals surface area contributed by atoms with Crippen molar-refractivity contribution in [3.05, 3.63) is 0 Å². The van der Waals surface area contributed by atoms with Crippen LogP contribution < -0.4 is 0 Å². The second-order valence-corrected chi connectivity index (χ2v) is 4.80. The maximum atomic E-state index is 11.9. The lowest BCUT2D eigenvalue weighted by Crippen LogP contribution is -2.33. The fraction of sp³-hybridized carbons (Fsp3) is 0.909. The highest BCUT2D eigenvalue weighted by molar-refractivity contribution is 5.68. The van der Waals surface area contributed by atoms with E-state index in [0.717, 1.165) is 0 Å². The van der Waals surface area contributed by atoms with E-state index >= 15 is 0 Å². The summed E-state index contributed by atoms with van der Waals surface area (Å²) >= 11 is 0. The Bertz CT molecular complexity index is 304. The first-order valence-electron chi connectivity index (χ1n) is 6.04. The predicted molar refractivity (Wildman–Crippen MR) is 56.1 cm³/mol. The van der Waals surface area contributed by atoms with Crippen molar-refractivity contribution in [1.82, 2.24) is 4.90 Å². The van der Waals surface area contributed by atoms with Crippen molar-refractivity contribution in [2.24, 2.45) is 5.92 Å². The van der Waals surface area contributed by atoms with Crippen LogP contribution in [-0.2, 0) is 9.47 Å². The minimum Gasteiger partial charge on any atom is -0.440 e. The molecule has 2 aliphatic rings. The molecule has 4 nitrogen and oxygen atoms in total. The van der Waals surface area contributed by atoms with Crippen molar-refractivity contribution in [2.45, 2.75) is 31.5 Å². The molecule has 0 radical (unpaired) electrons. The van der Waals surface area contributed by atoms with Gasteiger partial charge in [0, 0.05) is 13.2 Å². The van der Waals surface area contributed by atoms with Crippen LogP contribution in [-0.4, -0.2) is 49.6 Å². The van der Waals surface area contributed by atoms with Crippen LogP contribution in [0.1, 0.15) is 19.3 Å². The zero-order valence-electron chi connectivity index (χ0n) is 9.91. The molecule has 0 bridgehead atoms. The first-order valence-corrected chi connectivity index (χ1v) is 6.04. The Morgan fingerprint density at radius 2 is 2.00 bits per heavy atom. The standard InChI is InChI=1S/C11H16F3NO3/c12-11(13,14)7-18-10(16)15-4-3-9(5-15)17-6-8-1-2-8/h8-9H,1-7H2/t9-/m0/s1. The molecule has 104 valence electrons. The van der Waals surface area contributed by atoms with Gasteiger partial charge in [0.1, 0.15) is 0 Å². The molecule has 1 atom stereocenters. The molecule has 0 N–H and O–H groups in total. The average Bonchev–Trinajstić information content (AvgIpc) is 3.00. The maximum Gasteiger partial charge on any atom is 0.422 e. The molecule has 0 aromatic heterocycles. The minimum absolute atomic E-state index is 0.0657. The molecule has 1 saturated heterocycles. The summed E-state index contributed by atoms with van der Waals surface area (Å²) in [7, 11) is 0. The number of hydrogen-bond donors (Lipinski definition) is 0. The van der Waals surface area contributed by atoms with E-state index in [1.165, 1.54) is 17.7 Å². The van der Waals surface area contributed by atoms with Gasteiger partial charge in [-0.3, -0.25) is 0 Å². The summed E-state index contributed by atoms with van der Waals surface area (Å²) in [6.07, 6.45) is -2.42. The van der Waals surface area contributed by atoms with Gasteiger partial charge in [-0.15, -0.1) is 0 Å². The lowest BCUT2D eigenvalue weighted by molar-refractivity contribution is -0.162. The number of carbonyl (C=O) groups is 1. The molecule has 18 heavy (non-hydrogen) atoms. The summed E-state index contributed by atoms with van der Waals surface area (Å²) < 4.78 is 45.4. The molecule has 0 spiro atoms. The molecule has 7 heteroatoms. The molecule has 1 aliphatic heterocycles. The lowest BCUT2D eigenvalue weighted by atomic mass is 10.3. The summed E-state index contributed by atoms with van der Waals surface area (Å²) in [5, 5.41) is 0. The van der Waals surface area contributed by atoms with Crippen LogP contribution in [0, 0.1) is 5.92 Å². The largest absolute Gasteiger partial charge is 0.440 e. The topological polar surface area (TPSA) is 38.8 Å². The van der Waals surface area contributed by atoms with Gasteiger partial charge in [-0.2, -0.15) is 13.2 Å². The van der Waals surface area contributed by atoms with Gasteiger partial charge >= 0.3 is 12.3 Å². The van der Waals surface area contributed by atoms with Crippen LogP contribution in [0.25, 0.3) is 0 Å². The smallest absolute Gasteiger partial charge is 0.422 e. The third-order valence-corrected chi connectivity index (χ3v) is 3.03. The summed E-state index contributed by atoms with van der Waals surface area (Å²) in [4.78, 5) is 12.6. The fourth-order valence-electron chi connectivity index (χ4n) is 1.82. The summed E-state index contributed by atoms with van der Waals surface area (Å²) in [6.45, 7) is -0.124. The van der Waals surface area contributed by atoms with Crippen molar-refractivity contribution < 1.29 is 27.4 Å². The van der Waals surface area contributed by atoms with E-state index in [1.54, 1.807) is 0 Å². The molecule has 1 amide bonds. The van der Waals surface area contributed by atoms with E-state index in [9.17, 15) is 18.0 Å². The van der Waals surface area contributed by atoms with Crippen LogP contribution in [0.4, 0.5) is 18.0 Å². The molecule has 1 heterocycles. The number of carbonyl (C=O) groups excluding carboxylic acids is 1. The van der Waals surface area contributed by atoms with E-state index in [1.807, 2.05) is 0 Å². The van der Waals surface area contributed by atoms with E-state index in [4.69, 9.17) is 4.74 Å². The average molecular weight is 267 g/mol. The Morgan fingerprint density at radius 1 is 1.28 bits per heavy atom. The lowest BCUT2D eigenvalue weighted by Gasteiger charge is -2.17. The Morgan fingerprint density at radius 3 is 2.61 bits per heavy atom. The van der Waals surface area contributed by atoms with Crippen LogP contribution in [0.5, 0.6) is 0 Å². The second-order valence-electron chi connectivity index (χ2n) is 4.80. The summed E-state index contributed by atoms with van der Waals surface area (Å²) in [5.41, 5.74) is 0. The Labute approximate surface area is 103 Å². The van der Waals surface area contributed by atoms with Crippen molar-refractivity contribution in [3.63, 3.8) is 0 Å². The monoisotopic (exact) mass is 267 g/mol. The maximum absolute atomic E-state index is 11.9. The molecular weight excluding hydrogens is 251 g/mol. The first kappa shape index (κ1) is 13.5. The van der Waals surface area contributed by atoms with Crippen LogP contribution in [0.2, 0.25) is 0 Å². The molecule has 1 aliphatic carbocycles. The second kappa shape index (κ2) is 5.34. The van der Waals surface area contributed by atoms with Crippen LogP contribution >= 0.6 is 0 Å². The molecule has 0 aromatic rings. The zero-order chi connectivity index (χ0) is 13.2. The number of rotatable bonds is 4. The SMILES string of the molecule is O=C(OCC(F)(F)F)N1CC[C@H](OCC2CC2)C1. The Balaban J connectivity index is 1.65. The summed E-state index contributed by atoms with van der Waals surface area (Å²) in [6, 6.07) is 0. The number of alkyl halides is 3. The van der Waals surface area contributed by atoms with Gasteiger partial charge in [0.05, 0.1) is 12.6 Å². The summed E-state index contributed by atoms with van der Waals surface area (Å²) in [5.74, 6) is 0.635. The highest BCUT2D eigenvalue weighted by Gasteiger charge is 2.33. The van der Waals surface area contributed by atoms with Gasteiger partial charge in [-0.05, 0) is 25.2 Å².